The molecule has 0 spiro atoms. The normalized spacial score (nSPS) is 16.7. The zero-order chi connectivity index (χ0) is 25.9. The number of carbonyl (C=O) groups excluding carboxylic acids is 1. The molecule has 0 amide bonds. The Balaban J connectivity index is 1.51. The highest BCUT2D eigenvalue weighted by Crippen LogP contribution is 2.30. The molecule has 1 aliphatic heterocycles. The third kappa shape index (κ3) is 5.44. The minimum absolute atomic E-state index is 0.117. The van der Waals surface area contributed by atoms with E-state index in [1.807, 2.05) is 35.8 Å². The molecular weight excluding hydrogens is 482 g/mol. The van der Waals surface area contributed by atoms with E-state index in [-0.39, 0.29) is 11.8 Å². The summed E-state index contributed by atoms with van der Waals surface area (Å²) in [4.78, 5) is 29.0. The van der Waals surface area contributed by atoms with Crippen LogP contribution < -0.4 is 10.6 Å². The number of aromatic nitrogens is 4. The number of anilines is 1. The van der Waals surface area contributed by atoms with E-state index in [0.29, 0.717) is 23.7 Å². The highest BCUT2D eigenvalue weighted by atomic mass is 32.1. The van der Waals surface area contributed by atoms with Crippen molar-refractivity contribution in [1.82, 2.24) is 24.5 Å². The van der Waals surface area contributed by atoms with Crippen LogP contribution in [-0.2, 0) is 0 Å². The first-order valence-electron chi connectivity index (χ1n) is 13.1. The van der Waals surface area contributed by atoms with Crippen molar-refractivity contribution in [2.45, 2.75) is 52.1 Å². The molecule has 9 heteroatoms. The first-order valence-corrected chi connectivity index (χ1v) is 14.0. The van der Waals surface area contributed by atoms with E-state index in [4.69, 9.17) is 15.7 Å². The highest BCUT2D eigenvalue weighted by molar-refractivity contribution is 7.13. The van der Waals surface area contributed by atoms with Crippen LogP contribution in [0.2, 0.25) is 0 Å². The van der Waals surface area contributed by atoms with Crippen LogP contribution in [0, 0.1) is 0 Å². The van der Waals surface area contributed by atoms with Gasteiger partial charge in [-0.15, -0.1) is 11.3 Å². The van der Waals surface area contributed by atoms with Crippen LogP contribution in [0.5, 0.6) is 0 Å². The number of thiophene rings is 1. The van der Waals surface area contributed by atoms with Crippen molar-refractivity contribution in [3.05, 3.63) is 53.7 Å². The summed E-state index contributed by atoms with van der Waals surface area (Å²) < 4.78 is 1.76. The second kappa shape index (κ2) is 11.1. The van der Waals surface area contributed by atoms with Crippen LogP contribution >= 0.6 is 11.3 Å². The fourth-order valence-corrected chi connectivity index (χ4v) is 5.79. The molecule has 8 nitrogen and oxygen atoms in total. The van der Waals surface area contributed by atoms with Gasteiger partial charge >= 0.3 is 0 Å². The van der Waals surface area contributed by atoms with Crippen LogP contribution in [0.15, 0.2) is 48.1 Å². The van der Waals surface area contributed by atoms with Crippen molar-refractivity contribution in [2.75, 3.05) is 31.1 Å². The van der Waals surface area contributed by atoms with Crippen LogP contribution in [0.25, 0.3) is 27.5 Å². The Kier molecular flexibility index (Phi) is 7.64. The molecule has 194 valence electrons. The van der Waals surface area contributed by atoms with E-state index < -0.39 is 0 Å². The summed E-state index contributed by atoms with van der Waals surface area (Å²) in [6, 6.07) is 10.4. The smallest absolute Gasteiger partial charge is 0.165 e. The SMILES string of the molecule is CCN(CC)[C@@H](C)CCC(=O)c1cc(-c2cnn3ccc(-c4cccs4)nc23)nc(N2CC[C@@H](N)C2)c1. The fraction of sp³-hybridized carbons (Fsp3) is 0.429. The van der Waals surface area contributed by atoms with Crippen molar-refractivity contribution in [3.63, 3.8) is 0 Å². The quantitative estimate of drug-likeness (QED) is 0.304. The van der Waals surface area contributed by atoms with Gasteiger partial charge in [0.1, 0.15) is 5.82 Å². The predicted molar refractivity (Wildman–Crippen MR) is 150 cm³/mol. The summed E-state index contributed by atoms with van der Waals surface area (Å²) in [6.45, 7) is 10.1. The summed E-state index contributed by atoms with van der Waals surface area (Å²) in [5, 5.41) is 6.57. The van der Waals surface area contributed by atoms with Gasteiger partial charge in [0, 0.05) is 43.4 Å². The molecule has 0 bridgehead atoms. The largest absolute Gasteiger partial charge is 0.355 e. The lowest BCUT2D eigenvalue weighted by Crippen LogP contribution is -2.33. The van der Waals surface area contributed by atoms with Gasteiger partial charge in [-0.05, 0) is 62.5 Å². The summed E-state index contributed by atoms with van der Waals surface area (Å²) in [6.07, 6.45) is 5.95. The van der Waals surface area contributed by atoms with Crippen LogP contribution in [0.4, 0.5) is 5.82 Å². The maximum atomic E-state index is 13.5. The van der Waals surface area contributed by atoms with Crippen molar-refractivity contribution in [2.24, 2.45) is 5.73 Å². The Bertz CT molecular complexity index is 1360. The van der Waals surface area contributed by atoms with Gasteiger partial charge in [0.2, 0.25) is 0 Å². The minimum atomic E-state index is 0.117. The lowest BCUT2D eigenvalue weighted by molar-refractivity contribution is 0.0964. The Morgan fingerprint density at radius 2 is 2.05 bits per heavy atom. The molecule has 2 atom stereocenters. The molecule has 1 saturated heterocycles. The van der Waals surface area contributed by atoms with Gasteiger partial charge < -0.3 is 15.5 Å². The molecule has 4 aromatic rings. The first kappa shape index (κ1) is 25.5. The van der Waals surface area contributed by atoms with Crippen molar-refractivity contribution < 1.29 is 4.79 Å². The van der Waals surface area contributed by atoms with Gasteiger partial charge in [-0.25, -0.2) is 14.5 Å². The predicted octanol–water partition coefficient (Wildman–Crippen LogP) is 4.75. The van der Waals surface area contributed by atoms with Gasteiger partial charge in [0.25, 0.3) is 0 Å². The maximum absolute atomic E-state index is 13.5. The molecule has 0 aliphatic carbocycles. The molecule has 0 radical (unpaired) electrons. The number of carbonyl (C=O) groups is 1. The Labute approximate surface area is 222 Å². The lowest BCUT2D eigenvalue weighted by Gasteiger charge is -2.26. The number of hydrogen-bond donors (Lipinski definition) is 1. The summed E-state index contributed by atoms with van der Waals surface area (Å²) in [5.74, 6) is 0.926. The Hall–Kier alpha value is -3.14. The average Bonchev–Trinajstić information content (AvgIpc) is 3.68. The van der Waals surface area contributed by atoms with E-state index in [1.54, 1.807) is 22.0 Å². The van der Waals surface area contributed by atoms with E-state index in [0.717, 1.165) is 66.6 Å². The number of hydrogen-bond acceptors (Lipinski definition) is 8. The van der Waals surface area contributed by atoms with Crippen molar-refractivity contribution >= 4 is 28.6 Å². The molecule has 0 saturated carbocycles. The Morgan fingerprint density at radius 3 is 2.76 bits per heavy atom. The molecule has 1 aliphatic rings. The van der Waals surface area contributed by atoms with E-state index in [1.165, 1.54) is 0 Å². The second-order valence-corrected chi connectivity index (χ2v) is 10.7. The number of Topliss-reactive ketones (excluding diaryl/α,β-unsaturated/α-hetero) is 1. The second-order valence-electron chi connectivity index (χ2n) is 9.74. The molecule has 37 heavy (non-hydrogen) atoms. The number of rotatable bonds is 10. The molecule has 0 aromatic carbocycles. The third-order valence-corrected chi connectivity index (χ3v) is 8.22. The van der Waals surface area contributed by atoms with E-state index >= 15 is 0 Å². The molecule has 4 aromatic heterocycles. The van der Waals surface area contributed by atoms with Crippen LogP contribution in [-0.4, -0.2) is 68.5 Å². The van der Waals surface area contributed by atoms with Gasteiger partial charge in [0.05, 0.1) is 28.0 Å². The highest BCUT2D eigenvalue weighted by Gasteiger charge is 2.24. The topological polar surface area (TPSA) is 92.6 Å². The van der Waals surface area contributed by atoms with E-state index in [9.17, 15) is 4.79 Å². The van der Waals surface area contributed by atoms with Crippen LogP contribution in [0.1, 0.15) is 50.4 Å². The number of ketones is 1. The minimum Gasteiger partial charge on any atom is -0.355 e. The molecule has 0 unspecified atom stereocenters. The molecular formula is C28H35N7OS. The number of pyridine rings is 1. The monoisotopic (exact) mass is 517 g/mol. The average molecular weight is 518 g/mol. The van der Waals surface area contributed by atoms with Gasteiger partial charge in [-0.2, -0.15) is 5.10 Å². The zero-order valence-electron chi connectivity index (χ0n) is 21.8. The van der Waals surface area contributed by atoms with Crippen LogP contribution in [0.3, 0.4) is 0 Å². The molecule has 5 rings (SSSR count). The molecule has 1 fully saturated rings. The number of nitrogens with two attached hydrogens (primary N) is 1. The Morgan fingerprint density at radius 1 is 1.22 bits per heavy atom. The summed E-state index contributed by atoms with van der Waals surface area (Å²) >= 11 is 1.65. The van der Waals surface area contributed by atoms with E-state index in [2.05, 4.69) is 41.7 Å². The summed E-state index contributed by atoms with van der Waals surface area (Å²) in [5.41, 5.74) is 10.0. The summed E-state index contributed by atoms with van der Waals surface area (Å²) in [7, 11) is 0. The van der Waals surface area contributed by atoms with Gasteiger partial charge in [-0.3, -0.25) is 4.79 Å². The lowest BCUT2D eigenvalue weighted by atomic mass is 10.0. The standard InChI is InChI=1S/C28H35N7OS/c1-4-33(5-2)19(3)8-9-25(36)20-15-24(31-27(16-20)34-12-10-21(29)18-34)22-17-30-35-13-11-23(32-28(22)35)26-7-6-14-37-26/h6-7,11,13-17,19,21H,4-5,8-10,12,18,29H2,1-3H3/t19-,21+/m0/s1. The molecule has 2 N–H and O–H groups in total. The molecule has 5 heterocycles. The number of nitrogens with zero attached hydrogens (tertiary/aromatic N) is 6. The van der Waals surface area contributed by atoms with Gasteiger partial charge in [0.15, 0.2) is 11.4 Å². The van der Waals surface area contributed by atoms with Crippen molar-refractivity contribution in [1.29, 1.82) is 0 Å². The van der Waals surface area contributed by atoms with Crippen molar-refractivity contribution in [3.8, 4) is 21.8 Å². The van der Waals surface area contributed by atoms with Gasteiger partial charge in [-0.1, -0.05) is 19.9 Å². The zero-order valence-corrected chi connectivity index (χ0v) is 22.6. The first-order chi connectivity index (χ1) is 18.0. The number of fused-ring (bicyclic) bond motifs is 1. The maximum Gasteiger partial charge on any atom is 0.165 e. The fourth-order valence-electron chi connectivity index (χ4n) is 5.10. The third-order valence-electron chi connectivity index (χ3n) is 7.33.